The zero-order chi connectivity index (χ0) is 17.0. The van der Waals surface area contributed by atoms with Crippen molar-refractivity contribution in [1.82, 2.24) is 5.32 Å². The van der Waals surface area contributed by atoms with Crippen LogP contribution >= 0.6 is 15.9 Å². The van der Waals surface area contributed by atoms with Crippen molar-refractivity contribution in [2.24, 2.45) is 0 Å². The zero-order valence-corrected chi connectivity index (χ0v) is 13.3. The first-order valence-electron chi connectivity index (χ1n) is 6.60. The quantitative estimate of drug-likeness (QED) is 0.833. The van der Waals surface area contributed by atoms with Crippen LogP contribution in [0.25, 0.3) is 0 Å². The highest BCUT2D eigenvalue weighted by molar-refractivity contribution is 9.10. The Hall–Kier alpha value is -2.28. The van der Waals surface area contributed by atoms with Gasteiger partial charge in [-0.25, -0.2) is 13.6 Å². The molecule has 0 aliphatic carbocycles. The molecule has 0 bridgehead atoms. The first-order valence-corrected chi connectivity index (χ1v) is 7.40. The molecule has 0 fully saturated rings. The monoisotopic (exact) mass is 383 g/mol. The highest BCUT2D eigenvalue weighted by Crippen LogP contribution is 2.18. The lowest BCUT2D eigenvalue weighted by molar-refractivity contribution is -0.139. The van der Waals surface area contributed by atoms with E-state index in [1.165, 1.54) is 0 Å². The maximum absolute atomic E-state index is 13.6. The number of carbonyl (C=O) groups excluding carboxylic acids is 1. The molecule has 0 aliphatic heterocycles. The highest BCUT2D eigenvalue weighted by Gasteiger charge is 2.23. The van der Waals surface area contributed by atoms with Crippen molar-refractivity contribution < 1.29 is 23.5 Å². The zero-order valence-electron chi connectivity index (χ0n) is 11.7. The molecule has 0 radical (unpaired) electrons. The van der Waals surface area contributed by atoms with Gasteiger partial charge < -0.3 is 10.4 Å². The molecule has 1 atom stereocenters. The van der Waals surface area contributed by atoms with Crippen LogP contribution in [0.5, 0.6) is 0 Å². The van der Waals surface area contributed by atoms with Gasteiger partial charge in [0.15, 0.2) is 0 Å². The van der Waals surface area contributed by atoms with E-state index in [9.17, 15) is 23.5 Å². The molecule has 0 aromatic heterocycles. The van der Waals surface area contributed by atoms with Gasteiger partial charge in [-0.2, -0.15) is 0 Å². The number of carbonyl (C=O) groups is 2. The number of nitrogens with one attached hydrogen (secondary N) is 1. The van der Waals surface area contributed by atoms with Gasteiger partial charge in [0.2, 0.25) is 0 Å². The number of benzene rings is 2. The minimum Gasteiger partial charge on any atom is -0.480 e. The second-order valence-electron chi connectivity index (χ2n) is 4.78. The van der Waals surface area contributed by atoms with E-state index in [2.05, 4.69) is 21.2 Å². The SMILES string of the molecule is O=C(N[C@@H](Cc1ccccc1Br)C(=O)O)c1ccc(F)cc1F. The van der Waals surface area contributed by atoms with Gasteiger partial charge in [0.05, 0.1) is 5.56 Å². The molecule has 2 aromatic rings. The van der Waals surface area contributed by atoms with E-state index in [-0.39, 0.29) is 6.42 Å². The van der Waals surface area contributed by atoms with Crippen LogP contribution in [0.2, 0.25) is 0 Å². The Bertz CT molecular complexity index is 752. The van der Waals surface area contributed by atoms with E-state index in [0.717, 1.165) is 12.1 Å². The Morgan fingerprint density at radius 3 is 2.48 bits per heavy atom. The molecule has 2 N–H and O–H groups in total. The minimum atomic E-state index is -1.25. The van der Waals surface area contributed by atoms with E-state index in [0.29, 0.717) is 16.1 Å². The van der Waals surface area contributed by atoms with Gasteiger partial charge in [-0.1, -0.05) is 34.1 Å². The summed E-state index contributed by atoms with van der Waals surface area (Å²) in [6.45, 7) is 0. The number of amides is 1. The van der Waals surface area contributed by atoms with Crippen LogP contribution in [0, 0.1) is 11.6 Å². The van der Waals surface area contributed by atoms with E-state index < -0.39 is 35.1 Å². The average molecular weight is 384 g/mol. The maximum atomic E-state index is 13.6. The van der Waals surface area contributed by atoms with Crippen molar-refractivity contribution in [2.75, 3.05) is 0 Å². The summed E-state index contributed by atoms with van der Waals surface area (Å²) < 4.78 is 27.2. The number of hydrogen-bond donors (Lipinski definition) is 2. The first kappa shape index (κ1) is 17.1. The number of carboxylic acid groups (broad SMARTS) is 1. The molecule has 0 saturated carbocycles. The largest absolute Gasteiger partial charge is 0.480 e. The smallest absolute Gasteiger partial charge is 0.326 e. The first-order chi connectivity index (χ1) is 10.9. The van der Waals surface area contributed by atoms with Gasteiger partial charge in [0.1, 0.15) is 17.7 Å². The number of aliphatic carboxylic acids is 1. The molecule has 0 unspecified atom stereocenters. The molecule has 0 aliphatic rings. The lowest BCUT2D eigenvalue weighted by atomic mass is 10.1. The van der Waals surface area contributed by atoms with Crippen LogP contribution in [-0.4, -0.2) is 23.0 Å². The third-order valence-corrected chi connectivity index (χ3v) is 3.93. The summed E-state index contributed by atoms with van der Waals surface area (Å²) in [5, 5.41) is 11.5. The summed E-state index contributed by atoms with van der Waals surface area (Å²) in [5.41, 5.74) is 0.268. The molecule has 120 valence electrons. The Balaban J connectivity index is 2.18. The topological polar surface area (TPSA) is 66.4 Å². The highest BCUT2D eigenvalue weighted by atomic mass is 79.9. The fourth-order valence-electron chi connectivity index (χ4n) is 1.99. The van der Waals surface area contributed by atoms with Crippen LogP contribution in [0.3, 0.4) is 0 Å². The minimum absolute atomic E-state index is 0.0192. The third-order valence-electron chi connectivity index (χ3n) is 3.16. The summed E-state index contributed by atoms with van der Waals surface area (Å²) in [5.74, 6) is -4.03. The number of rotatable bonds is 5. The summed E-state index contributed by atoms with van der Waals surface area (Å²) in [4.78, 5) is 23.4. The molecule has 0 heterocycles. The number of halogens is 3. The molecular weight excluding hydrogens is 372 g/mol. The number of hydrogen-bond acceptors (Lipinski definition) is 2. The molecule has 1 amide bonds. The Kier molecular flexibility index (Phi) is 5.44. The molecule has 2 aromatic carbocycles. The summed E-state index contributed by atoms with van der Waals surface area (Å²) in [7, 11) is 0. The van der Waals surface area contributed by atoms with Crippen molar-refractivity contribution >= 4 is 27.8 Å². The van der Waals surface area contributed by atoms with Crippen molar-refractivity contribution in [2.45, 2.75) is 12.5 Å². The molecule has 2 rings (SSSR count). The van der Waals surface area contributed by atoms with E-state index >= 15 is 0 Å². The van der Waals surface area contributed by atoms with Crippen LogP contribution < -0.4 is 5.32 Å². The van der Waals surface area contributed by atoms with Crippen LogP contribution in [0.1, 0.15) is 15.9 Å². The van der Waals surface area contributed by atoms with Crippen molar-refractivity contribution in [1.29, 1.82) is 0 Å². The normalized spacial score (nSPS) is 11.8. The second kappa shape index (κ2) is 7.32. The lowest BCUT2D eigenvalue weighted by Gasteiger charge is -2.15. The standard InChI is InChI=1S/C16H12BrF2NO3/c17-12-4-2-1-3-9(12)7-14(16(22)23)20-15(21)11-6-5-10(18)8-13(11)19/h1-6,8,14H,7H2,(H,20,21)(H,22,23)/t14-/m0/s1. The van der Waals surface area contributed by atoms with Crippen LogP contribution in [0.4, 0.5) is 8.78 Å². The van der Waals surface area contributed by atoms with Gasteiger partial charge in [-0.3, -0.25) is 4.79 Å². The predicted octanol–water partition coefficient (Wildman–Crippen LogP) is 3.15. The molecular formula is C16H12BrF2NO3. The lowest BCUT2D eigenvalue weighted by Crippen LogP contribution is -2.42. The van der Waals surface area contributed by atoms with Crippen LogP contribution in [0.15, 0.2) is 46.9 Å². The number of carboxylic acids is 1. The summed E-state index contributed by atoms with van der Waals surface area (Å²) >= 11 is 3.30. The molecule has 0 spiro atoms. The van der Waals surface area contributed by atoms with Crippen molar-refractivity contribution in [3.63, 3.8) is 0 Å². The molecule has 7 heteroatoms. The van der Waals surface area contributed by atoms with Gasteiger partial charge in [0.25, 0.3) is 5.91 Å². The van der Waals surface area contributed by atoms with E-state index in [1.54, 1.807) is 24.3 Å². The van der Waals surface area contributed by atoms with Gasteiger partial charge in [0, 0.05) is 17.0 Å². The fraction of sp³-hybridized carbons (Fsp3) is 0.125. The van der Waals surface area contributed by atoms with E-state index in [1.807, 2.05) is 0 Å². The molecule has 23 heavy (non-hydrogen) atoms. The molecule has 4 nitrogen and oxygen atoms in total. The third kappa shape index (κ3) is 4.35. The van der Waals surface area contributed by atoms with Gasteiger partial charge in [-0.15, -0.1) is 0 Å². The summed E-state index contributed by atoms with van der Waals surface area (Å²) in [6.07, 6.45) is 0.0192. The Morgan fingerprint density at radius 2 is 1.87 bits per heavy atom. The Labute approximate surface area is 139 Å². The fourth-order valence-corrected chi connectivity index (χ4v) is 2.44. The van der Waals surface area contributed by atoms with E-state index in [4.69, 9.17) is 0 Å². The maximum Gasteiger partial charge on any atom is 0.326 e. The average Bonchev–Trinajstić information content (AvgIpc) is 2.48. The molecule has 0 saturated heterocycles. The van der Waals surface area contributed by atoms with Crippen LogP contribution in [-0.2, 0) is 11.2 Å². The predicted molar refractivity (Wildman–Crippen MR) is 83.1 cm³/mol. The van der Waals surface area contributed by atoms with Gasteiger partial charge >= 0.3 is 5.97 Å². The van der Waals surface area contributed by atoms with Crippen molar-refractivity contribution in [3.05, 3.63) is 69.7 Å². The van der Waals surface area contributed by atoms with Crippen molar-refractivity contribution in [3.8, 4) is 0 Å². The second-order valence-corrected chi connectivity index (χ2v) is 5.64. The van der Waals surface area contributed by atoms with Gasteiger partial charge in [-0.05, 0) is 23.8 Å². The Morgan fingerprint density at radius 1 is 1.17 bits per heavy atom. The summed E-state index contributed by atoms with van der Waals surface area (Å²) in [6, 6.07) is 8.19.